The highest BCUT2D eigenvalue weighted by Gasteiger charge is 2.43. The van der Waals surface area contributed by atoms with Gasteiger partial charge >= 0.3 is 5.97 Å². The zero-order valence-electron chi connectivity index (χ0n) is 12.6. The van der Waals surface area contributed by atoms with E-state index in [1.54, 1.807) is 31.2 Å². The number of imide groups is 1. The number of fused-ring (bicyclic) bond motifs is 1. The summed E-state index contributed by atoms with van der Waals surface area (Å²) < 4.78 is 0. The maximum atomic E-state index is 12.3. The van der Waals surface area contributed by atoms with Crippen LogP contribution in [0.1, 0.15) is 34.1 Å². The lowest BCUT2D eigenvalue weighted by Gasteiger charge is -2.22. The number of amides is 3. The number of carbonyl (C=O) groups excluding carboxylic acids is 3. The summed E-state index contributed by atoms with van der Waals surface area (Å²) in [5.74, 6) is -2.34. The van der Waals surface area contributed by atoms with Gasteiger partial charge in [-0.3, -0.25) is 24.1 Å². The number of carboxylic acid groups (broad SMARTS) is 1. The highest BCUT2D eigenvalue weighted by molar-refractivity contribution is 6.22. The van der Waals surface area contributed by atoms with Gasteiger partial charge < -0.3 is 10.0 Å². The number of carboxylic acids is 1. The molecule has 120 valence electrons. The Kier molecular flexibility index (Phi) is 3.43. The van der Waals surface area contributed by atoms with E-state index >= 15 is 0 Å². The van der Waals surface area contributed by atoms with Crippen molar-refractivity contribution in [3.8, 4) is 0 Å². The van der Waals surface area contributed by atoms with E-state index in [0.717, 1.165) is 4.90 Å². The molecule has 1 atom stereocenters. The summed E-state index contributed by atoms with van der Waals surface area (Å²) in [6.07, 6.45) is 0.357. The molecule has 2 heterocycles. The van der Waals surface area contributed by atoms with Crippen LogP contribution in [0.3, 0.4) is 0 Å². The van der Waals surface area contributed by atoms with Crippen LogP contribution in [-0.2, 0) is 9.59 Å². The Morgan fingerprint density at radius 1 is 1.17 bits per heavy atom. The van der Waals surface area contributed by atoms with Crippen molar-refractivity contribution in [3.05, 3.63) is 35.4 Å². The molecule has 1 aromatic rings. The zero-order chi connectivity index (χ0) is 16.8. The molecule has 1 unspecified atom stereocenters. The molecule has 1 fully saturated rings. The van der Waals surface area contributed by atoms with E-state index in [2.05, 4.69) is 0 Å². The first-order chi connectivity index (χ1) is 10.8. The molecule has 2 aliphatic heterocycles. The van der Waals surface area contributed by atoms with Crippen LogP contribution in [0.4, 0.5) is 0 Å². The van der Waals surface area contributed by atoms with Crippen LogP contribution in [0.5, 0.6) is 0 Å². The standard InChI is InChI=1S/C16H16N2O5/c1-16(15(22)23)6-7-17(9-16)12(19)8-18-13(20)10-4-2-3-5-11(10)14(18)21/h2-5H,6-9H2,1H3,(H,22,23). The molecular weight excluding hydrogens is 300 g/mol. The molecule has 3 amide bonds. The van der Waals surface area contributed by atoms with Crippen LogP contribution in [0.2, 0.25) is 0 Å². The predicted octanol–water partition coefficient (Wildman–Crippen LogP) is 0.606. The summed E-state index contributed by atoms with van der Waals surface area (Å²) in [6, 6.07) is 6.43. The second-order valence-electron chi connectivity index (χ2n) is 6.17. The quantitative estimate of drug-likeness (QED) is 0.824. The fraction of sp³-hybridized carbons (Fsp3) is 0.375. The van der Waals surface area contributed by atoms with Crippen molar-refractivity contribution < 1.29 is 24.3 Å². The molecule has 1 saturated heterocycles. The monoisotopic (exact) mass is 316 g/mol. The Morgan fingerprint density at radius 2 is 1.74 bits per heavy atom. The summed E-state index contributed by atoms with van der Waals surface area (Å²) in [7, 11) is 0. The third-order valence-electron chi connectivity index (χ3n) is 4.51. The minimum atomic E-state index is -0.975. The lowest BCUT2D eigenvalue weighted by molar-refractivity contribution is -0.147. The van der Waals surface area contributed by atoms with Gasteiger partial charge in [0, 0.05) is 13.1 Å². The third kappa shape index (κ3) is 2.38. The van der Waals surface area contributed by atoms with E-state index in [1.165, 1.54) is 4.90 Å². The molecule has 0 bridgehead atoms. The highest BCUT2D eigenvalue weighted by Crippen LogP contribution is 2.30. The van der Waals surface area contributed by atoms with Crippen molar-refractivity contribution in [1.29, 1.82) is 0 Å². The Hall–Kier alpha value is -2.70. The van der Waals surface area contributed by atoms with Gasteiger partial charge in [-0.05, 0) is 25.5 Å². The Balaban J connectivity index is 1.72. The zero-order valence-corrected chi connectivity index (χ0v) is 12.6. The number of hydrogen-bond donors (Lipinski definition) is 1. The van der Waals surface area contributed by atoms with Crippen molar-refractivity contribution >= 4 is 23.7 Å². The van der Waals surface area contributed by atoms with Crippen molar-refractivity contribution in [3.63, 3.8) is 0 Å². The van der Waals surface area contributed by atoms with Crippen molar-refractivity contribution in [2.45, 2.75) is 13.3 Å². The lowest BCUT2D eigenvalue weighted by Crippen LogP contribution is -2.43. The van der Waals surface area contributed by atoms with Crippen LogP contribution < -0.4 is 0 Å². The lowest BCUT2D eigenvalue weighted by atomic mass is 9.90. The number of nitrogens with zero attached hydrogens (tertiary/aromatic N) is 2. The fourth-order valence-electron chi connectivity index (χ4n) is 2.97. The molecule has 1 aromatic carbocycles. The molecule has 23 heavy (non-hydrogen) atoms. The maximum absolute atomic E-state index is 12.3. The molecule has 0 spiro atoms. The Morgan fingerprint density at radius 3 is 2.22 bits per heavy atom. The molecule has 7 heteroatoms. The van der Waals surface area contributed by atoms with Gasteiger partial charge in [-0.2, -0.15) is 0 Å². The predicted molar refractivity (Wildman–Crippen MR) is 78.7 cm³/mol. The van der Waals surface area contributed by atoms with Gasteiger partial charge in [-0.25, -0.2) is 0 Å². The van der Waals surface area contributed by atoms with Crippen LogP contribution in [0.25, 0.3) is 0 Å². The summed E-state index contributed by atoms with van der Waals surface area (Å²) in [5, 5.41) is 9.20. The summed E-state index contributed by atoms with van der Waals surface area (Å²) >= 11 is 0. The smallest absolute Gasteiger partial charge is 0.311 e. The average Bonchev–Trinajstić information content (AvgIpc) is 3.04. The summed E-state index contributed by atoms with van der Waals surface area (Å²) in [5.41, 5.74) is -0.387. The normalized spacial score (nSPS) is 23.3. The number of likely N-dealkylation sites (tertiary alicyclic amines) is 1. The minimum Gasteiger partial charge on any atom is -0.481 e. The molecule has 0 aromatic heterocycles. The van der Waals surface area contributed by atoms with Gasteiger partial charge in [0.25, 0.3) is 11.8 Å². The van der Waals surface area contributed by atoms with E-state index in [1.807, 2.05) is 0 Å². The molecule has 1 N–H and O–H groups in total. The fourth-order valence-corrected chi connectivity index (χ4v) is 2.97. The molecular formula is C16H16N2O5. The SMILES string of the molecule is CC1(C(=O)O)CCN(C(=O)CN2C(=O)c3ccccc3C2=O)C1. The van der Waals surface area contributed by atoms with Crippen LogP contribution in [0.15, 0.2) is 24.3 Å². The van der Waals surface area contributed by atoms with Gasteiger partial charge in [-0.1, -0.05) is 12.1 Å². The number of hydrogen-bond acceptors (Lipinski definition) is 4. The molecule has 7 nitrogen and oxygen atoms in total. The molecule has 0 radical (unpaired) electrons. The van der Waals surface area contributed by atoms with Gasteiger partial charge in [-0.15, -0.1) is 0 Å². The second-order valence-corrected chi connectivity index (χ2v) is 6.17. The second kappa shape index (κ2) is 5.19. The number of carbonyl (C=O) groups is 4. The van der Waals surface area contributed by atoms with Crippen LogP contribution >= 0.6 is 0 Å². The first kappa shape index (κ1) is 15.2. The van der Waals surface area contributed by atoms with Crippen molar-refractivity contribution in [2.24, 2.45) is 5.41 Å². The first-order valence-corrected chi connectivity index (χ1v) is 7.30. The van der Waals surface area contributed by atoms with E-state index in [9.17, 15) is 24.3 Å². The van der Waals surface area contributed by atoms with Gasteiger partial charge in [0.05, 0.1) is 16.5 Å². The van der Waals surface area contributed by atoms with Crippen molar-refractivity contribution in [2.75, 3.05) is 19.6 Å². The van der Waals surface area contributed by atoms with E-state index in [0.29, 0.717) is 24.1 Å². The van der Waals surface area contributed by atoms with E-state index in [4.69, 9.17) is 0 Å². The van der Waals surface area contributed by atoms with Gasteiger partial charge in [0.1, 0.15) is 6.54 Å². The maximum Gasteiger partial charge on any atom is 0.311 e. The van der Waals surface area contributed by atoms with E-state index < -0.39 is 29.1 Å². The van der Waals surface area contributed by atoms with E-state index in [-0.39, 0.29) is 13.1 Å². The highest BCUT2D eigenvalue weighted by atomic mass is 16.4. The van der Waals surface area contributed by atoms with Crippen LogP contribution in [-0.4, -0.2) is 58.2 Å². The average molecular weight is 316 g/mol. The number of rotatable bonds is 3. The minimum absolute atomic E-state index is 0.0876. The van der Waals surface area contributed by atoms with Crippen molar-refractivity contribution in [1.82, 2.24) is 9.80 Å². The first-order valence-electron chi connectivity index (χ1n) is 7.30. The molecule has 3 rings (SSSR count). The summed E-state index contributed by atoms with van der Waals surface area (Å²) in [6.45, 7) is 1.63. The molecule has 0 aliphatic carbocycles. The third-order valence-corrected chi connectivity index (χ3v) is 4.51. The number of benzene rings is 1. The molecule has 0 saturated carbocycles. The molecule has 2 aliphatic rings. The largest absolute Gasteiger partial charge is 0.481 e. The van der Waals surface area contributed by atoms with Gasteiger partial charge in [0.2, 0.25) is 5.91 Å². The Labute approximate surface area is 132 Å². The number of aliphatic carboxylic acids is 1. The van der Waals surface area contributed by atoms with Crippen LogP contribution in [0, 0.1) is 5.41 Å². The topological polar surface area (TPSA) is 95.0 Å². The Bertz CT molecular complexity index is 694. The summed E-state index contributed by atoms with van der Waals surface area (Å²) in [4.78, 5) is 50.4. The van der Waals surface area contributed by atoms with Gasteiger partial charge in [0.15, 0.2) is 0 Å².